The second kappa shape index (κ2) is 9.95. The van der Waals surface area contributed by atoms with E-state index in [1.807, 2.05) is 72.8 Å². The Morgan fingerprint density at radius 3 is 2.29 bits per heavy atom. The van der Waals surface area contributed by atoms with Gasteiger partial charge in [-0.2, -0.15) is 0 Å². The second-order valence-electron chi connectivity index (χ2n) is 7.50. The summed E-state index contributed by atoms with van der Waals surface area (Å²) in [7, 11) is 0. The van der Waals surface area contributed by atoms with Gasteiger partial charge in [-0.1, -0.05) is 71.5 Å². The number of rotatable bonds is 6. The lowest BCUT2D eigenvalue weighted by molar-refractivity contribution is 0.102. The maximum atomic E-state index is 13.1. The van der Waals surface area contributed by atoms with Crippen LogP contribution in [0, 0.1) is 0 Å². The zero-order chi connectivity index (χ0) is 23.3. The number of halogens is 1. The maximum absolute atomic E-state index is 13.1. The van der Waals surface area contributed by atoms with Gasteiger partial charge in [-0.25, -0.2) is 4.99 Å². The van der Waals surface area contributed by atoms with Crippen LogP contribution in [0.3, 0.4) is 0 Å². The van der Waals surface area contributed by atoms with Crippen LogP contribution >= 0.6 is 22.9 Å². The third kappa shape index (κ3) is 4.88. The van der Waals surface area contributed by atoms with E-state index >= 15 is 0 Å². The van der Waals surface area contributed by atoms with Gasteiger partial charge in [0.1, 0.15) is 10.8 Å². The van der Waals surface area contributed by atoms with Crippen LogP contribution < -0.4 is 10.1 Å². The number of nitrogens with one attached hydrogen (secondary N) is 1. The molecule has 3 aromatic carbocycles. The molecule has 0 aliphatic carbocycles. The molecule has 0 saturated carbocycles. The van der Waals surface area contributed by atoms with Gasteiger partial charge in [0.25, 0.3) is 5.91 Å². The summed E-state index contributed by atoms with van der Waals surface area (Å²) in [5.74, 6) is 0.576. The summed E-state index contributed by atoms with van der Waals surface area (Å²) in [6.07, 6.45) is 1.65. The van der Waals surface area contributed by atoms with Gasteiger partial charge in [-0.3, -0.25) is 4.79 Å². The Balaban J connectivity index is 1.67. The van der Waals surface area contributed by atoms with Crippen molar-refractivity contribution >= 4 is 39.5 Å². The maximum Gasteiger partial charge on any atom is 0.256 e. The second-order valence-corrected chi connectivity index (χ2v) is 8.92. The summed E-state index contributed by atoms with van der Waals surface area (Å²) in [4.78, 5) is 18.7. The summed E-state index contributed by atoms with van der Waals surface area (Å²) in [5.41, 5.74) is 3.17. The first-order chi connectivity index (χ1) is 16.7. The van der Waals surface area contributed by atoms with Crippen LogP contribution in [0.2, 0.25) is 5.02 Å². The fraction of sp³-hybridized carbons (Fsp3) is 0.0370. The fourth-order valence-electron chi connectivity index (χ4n) is 3.56. The minimum Gasteiger partial charge on any atom is -0.467 e. The van der Waals surface area contributed by atoms with Crippen LogP contribution in [-0.4, -0.2) is 10.5 Å². The molecule has 34 heavy (non-hydrogen) atoms. The number of aromatic nitrogens is 1. The van der Waals surface area contributed by atoms with Crippen molar-refractivity contribution in [3.8, 4) is 11.3 Å². The predicted molar refractivity (Wildman–Crippen MR) is 137 cm³/mol. The predicted octanol–water partition coefficient (Wildman–Crippen LogP) is 7.00. The molecule has 5 aromatic rings. The average Bonchev–Trinajstić information content (AvgIpc) is 3.49. The van der Waals surface area contributed by atoms with Crippen molar-refractivity contribution in [3.05, 3.63) is 124 Å². The standard InChI is InChI=1S/C27H20ClN3O2S/c28-21-15-13-20(14-16-21)25(32)30-26-24(19-8-3-1-4-9-19)31(18-23-12-7-17-33-23)27(34-26)29-22-10-5-2-6-11-22/h1-17H,18H2,(H,30,32). The third-order valence-electron chi connectivity index (χ3n) is 5.16. The number of hydrogen-bond donors (Lipinski definition) is 1. The number of furan rings is 1. The van der Waals surface area contributed by atoms with E-state index in [1.54, 1.807) is 30.5 Å². The van der Waals surface area contributed by atoms with E-state index in [-0.39, 0.29) is 5.91 Å². The third-order valence-corrected chi connectivity index (χ3v) is 6.41. The van der Waals surface area contributed by atoms with E-state index in [0.717, 1.165) is 27.5 Å². The normalized spacial score (nSPS) is 11.5. The molecule has 0 aliphatic rings. The molecule has 0 bridgehead atoms. The van der Waals surface area contributed by atoms with E-state index in [9.17, 15) is 4.79 Å². The Morgan fingerprint density at radius 1 is 0.912 bits per heavy atom. The Labute approximate surface area is 205 Å². The number of nitrogens with zero attached hydrogens (tertiary/aromatic N) is 2. The largest absolute Gasteiger partial charge is 0.467 e. The Morgan fingerprint density at radius 2 is 1.62 bits per heavy atom. The van der Waals surface area contributed by atoms with Crippen molar-refractivity contribution in [1.29, 1.82) is 0 Å². The molecule has 168 valence electrons. The zero-order valence-corrected chi connectivity index (χ0v) is 19.6. The van der Waals surface area contributed by atoms with Crippen LogP contribution in [0.5, 0.6) is 0 Å². The minimum absolute atomic E-state index is 0.216. The van der Waals surface area contributed by atoms with Crippen molar-refractivity contribution in [3.63, 3.8) is 0 Å². The number of benzene rings is 3. The zero-order valence-electron chi connectivity index (χ0n) is 18.0. The Kier molecular flexibility index (Phi) is 6.42. The number of hydrogen-bond acceptors (Lipinski definition) is 4. The molecule has 0 atom stereocenters. The van der Waals surface area contributed by atoms with E-state index in [1.165, 1.54) is 11.3 Å². The molecular formula is C27H20ClN3O2S. The highest BCUT2D eigenvalue weighted by atomic mass is 35.5. The number of para-hydroxylation sites is 1. The average molecular weight is 486 g/mol. The molecule has 1 N–H and O–H groups in total. The van der Waals surface area contributed by atoms with Gasteiger partial charge >= 0.3 is 0 Å². The highest BCUT2D eigenvalue weighted by Crippen LogP contribution is 2.32. The lowest BCUT2D eigenvalue weighted by atomic mass is 10.1. The van der Waals surface area contributed by atoms with Gasteiger partial charge in [0, 0.05) is 16.1 Å². The van der Waals surface area contributed by atoms with E-state index in [0.29, 0.717) is 22.1 Å². The highest BCUT2D eigenvalue weighted by molar-refractivity contribution is 7.14. The smallest absolute Gasteiger partial charge is 0.256 e. The van der Waals surface area contributed by atoms with Crippen molar-refractivity contribution in [2.75, 3.05) is 5.32 Å². The SMILES string of the molecule is O=C(Nc1sc(=Nc2ccccc2)n(Cc2ccco2)c1-c1ccccc1)c1ccc(Cl)cc1. The fourth-order valence-corrected chi connectivity index (χ4v) is 4.75. The van der Waals surface area contributed by atoms with Gasteiger partial charge < -0.3 is 14.3 Å². The number of carbonyl (C=O) groups excluding carboxylic acids is 1. The van der Waals surface area contributed by atoms with Gasteiger partial charge in [0.2, 0.25) is 0 Å². The summed E-state index contributed by atoms with van der Waals surface area (Å²) >= 11 is 7.42. The Bertz CT molecular complexity index is 1460. The van der Waals surface area contributed by atoms with E-state index in [4.69, 9.17) is 21.0 Å². The summed E-state index contributed by atoms with van der Waals surface area (Å²) in [5, 5.41) is 4.38. The number of thiazole rings is 1. The van der Waals surface area contributed by atoms with Crippen molar-refractivity contribution in [2.45, 2.75) is 6.54 Å². The molecule has 0 unspecified atom stereocenters. The summed E-state index contributed by atoms with van der Waals surface area (Å²) in [6.45, 7) is 0.468. The lowest BCUT2D eigenvalue weighted by Crippen LogP contribution is -2.17. The number of anilines is 1. The topological polar surface area (TPSA) is 59.5 Å². The van der Waals surface area contributed by atoms with Crippen molar-refractivity contribution < 1.29 is 9.21 Å². The summed E-state index contributed by atoms with van der Waals surface area (Å²) < 4.78 is 7.72. The minimum atomic E-state index is -0.216. The van der Waals surface area contributed by atoms with E-state index < -0.39 is 0 Å². The molecule has 5 nitrogen and oxygen atoms in total. The lowest BCUT2D eigenvalue weighted by Gasteiger charge is -2.11. The molecular weight excluding hydrogens is 466 g/mol. The highest BCUT2D eigenvalue weighted by Gasteiger charge is 2.19. The van der Waals surface area contributed by atoms with Crippen LogP contribution in [0.25, 0.3) is 11.3 Å². The van der Waals surface area contributed by atoms with Gasteiger partial charge in [0.15, 0.2) is 4.80 Å². The van der Waals surface area contributed by atoms with Crippen molar-refractivity contribution in [1.82, 2.24) is 4.57 Å². The Hall–Kier alpha value is -3.87. The molecule has 0 fully saturated rings. The van der Waals surface area contributed by atoms with Crippen LogP contribution in [-0.2, 0) is 6.54 Å². The molecule has 2 aromatic heterocycles. The molecule has 2 heterocycles. The molecule has 5 rings (SSSR count). The first-order valence-electron chi connectivity index (χ1n) is 10.7. The van der Waals surface area contributed by atoms with Crippen LogP contribution in [0.4, 0.5) is 10.7 Å². The van der Waals surface area contributed by atoms with E-state index in [2.05, 4.69) is 9.88 Å². The van der Waals surface area contributed by atoms with Crippen LogP contribution in [0.15, 0.2) is 113 Å². The van der Waals surface area contributed by atoms with Gasteiger partial charge in [-0.15, -0.1) is 0 Å². The quantitative estimate of drug-likeness (QED) is 0.281. The number of carbonyl (C=O) groups is 1. The number of amides is 1. The molecule has 0 spiro atoms. The van der Waals surface area contributed by atoms with Crippen LogP contribution in [0.1, 0.15) is 16.1 Å². The molecule has 0 radical (unpaired) electrons. The van der Waals surface area contributed by atoms with Gasteiger partial charge in [-0.05, 0) is 48.5 Å². The molecule has 7 heteroatoms. The molecule has 0 saturated heterocycles. The molecule has 0 aliphatic heterocycles. The summed E-state index contributed by atoms with van der Waals surface area (Å²) in [6, 6.07) is 30.3. The first-order valence-corrected chi connectivity index (χ1v) is 11.8. The van der Waals surface area contributed by atoms with Crippen molar-refractivity contribution in [2.24, 2.45) is 4.99 Å². The molecule has 1 amide bonds. The first kappa shape index (κ1) is 21.9. The monoisotopic (exact) mass is 485 g/mol. The van der Waals surface area contributed by atoms with Gasteiger partial charge in [0.05, 0.1) is 24.2 Å².